The number of carbonyl (C=O) groups is 1. The third-order valence-electron chi connectivity index (χ3n) is 5.33. The van der Waals surface area contributed by atoms with Gasteiger partial charge in [0, 0.05) is 0 Å². The topological polar surface area (TPSA) is 26.3 Å². The molecule has 1 aliphatic carbocycles. The van der Waals surface area contributed by atoms with Crippen LogP contribution in [0.2, 0.25) is 0 Å². The van der Waals surface area contributed by atoms with E-state index in [1.165, 1.54) is 0 Å². The highest BCUT2D eigenvalue weighted by atomic mass is 19.4. The van der Waals surface area contributed by atoms with Crippen molar-refractivity contribution in [3.8, 4) is 0 Å². The van der Waals surface area contributed by atoms with Gasteiger partial charge < -0.3 is 4.74 Å². The van der Waals surface area contributed by atoms with E-state index >= 15 is 0 Å². The van der Waals surface area contributed by atoms with Gasteiger partial charge in [-0.1, -0.05) is 19.3 Å². The van der Waals surface area contributed by atoms with Gasteiger partial charge in [0.1, 0.15) is 0 Å². The second-order valence-electron chi connectivity index (χ2n) is 7.81. The Bertz CT molecular complexity index is 762. The lowest BCUT2D eigenvalue weighted by Crippen LogP contribution is -2.73. The maximum Gasteiger partial charge on any atom is 0.385 e. The number of ether oxygens (including phenoxy) is 1. The van der Waals surface area contributed by atoms with Gasteiger partial charge in [0.15, 0.2) is 6.17 Å². The van der Waals surface area contributed by atoms with Crippen LogP contribution in [0.4, 0.5) is 74.6 Å². The molecule has 0 heterocycles. The Morgan fingerprint density at radius 3 is 1.39 bits per heavy atom. The lowest BCUT2D eigenvalue weighted by molar-refractivity contribution is -0.439. The molecule has 0 spiro atoms. The molecule has 3 atom stereocenters. The van der Waals surface area contributed by atoms with Crippen LogP contribution >= 0.6 is 0 Å². The van der Waals surface area contributed by atoms with Crippen LogP contribution in [0.25, 0.3) is 0 Å². The van der Waals surface area contributed by atoms with Gasteiger partial charge >= 0.3 is 47.9 Å². The predicted octanol–water partition coefficient (Wildman–Crippen LogP) is 7.16. The molecule has 0 aliphatic heterocycles. The summed E-state index contributed by atoms with van der Waals surface area (Å²) in [6.45, 7) is 0. The van der Waals surface area contributed by atoms with E-state index in [1.54, 1.807) is 0 Å². The van der Waals surface area contributed by atoms with Crippen LogP contribution in [0.15, 0.2) is 0 Å². The largest absolute Gasteiger partial charge is 0.424 e. The smallest absolute Gasteiger partial charge is 0.385 e. The SMILES string of the molecule is O=C(OC(F)C(F)(F)C(F)(F)C(F)(F)C(F)(F)C(F)(F)C(F)(F)C(F)C(F)C(F)F)C1CCCCC1. The van der Waals surface area contributed by atoms with Crippen LogP contribution in [0, 0.1) is 5.92 Å². The Labute approximate surface area is 190 Å². The van der Waals surface area contributed by atoms with E-state index in [9.17, 15) is 79.4 Å². The number of hydrogen-bond donors (Lipinski definition) is 0. The van der Waals surface area contributed by atoms with Gasteiger partial charge in [0.05, 0.1) is 5.92 Å². The monoisotopic (exact) mass is 574 g/mol. The van der Waals surface area contributed by atoms with Crippen LogP contribution < -0.4 is 0 Å². The summed E-state index contributed by atoms with van der Waals surface area (Å²) in [7, 11) is 0. The van der Waals surface area contributed by atoms with Crippen molar-refractivity contribution in [2.75, 3.05) is 0 Å². The predicted molar refractivity (Wildman–Crippen MR) is 83.0 cm³/mol. The maximum absolute atomic E-state index is 13.7. The molecule has 1 rings (SSSR count). The van der Waals surface area contributed by atoms with E-state index in [0.717, 1.165) is 0 Å². The zero-order valence-electron chi connectivity index (χ0n) is 17.2. The molecule has 0 bridgehead atoms. The summed E-state index contributed by atoms with van der Waals surface area (Å²) in [6, 6.07) is 0. The number of esters is 1. The highest BCUT2D eigenvalue weighted by Gasteiger charge is 2.92. The molecule has 0 N–H and O–H groups in total. The van der Waals surface area contributed by atoms with E-state index < -0.39 is 72.5 Å². The van der Waals surface area contributed by atoms with Crippen LogP contribution in [0.3, 0.4) is 0 Å². The summed E-state index contributed by atoms with van der Waals surface area (Å²) >= 11 is 0. The van der Waals surface area contributed by atoms with Crippen molar-refractivity contribution in [1.82, 2.24) is 0 Å². The fourth-order valence-electron chi connectivity index (χ4n) is 3.07. The molecule has 3 unspecified atom stereocenters. The zero-order valence-corrected chi connectivity index (χ0v) is 17.2. The first-order valence-corrected chi connectivity index (χ1v) is 9.60. The first-order chi connectivity index (χ1) is 15.9. The third kappa shape index (κ3) is 5.03. The van der Waals surface area contributed by atoms with Crippen molar-refractivity contribution in [2.45, 2.75) is 92.8 Å². The van der Waals surface area contributed by atoms with Gasteiger partial charge in [0.2, 0.25) is 6.17 Å². The zero-order chi connectivity index (χ0) is 28.7. The van der Waals surface area contributed by atoms with Gasteiger partial charge in [-0.2, -0.15) is 57.1 Å². The van der Waals surface area contributed by atoms with Crippen molar-refractivity contribution in [3.05, 3.63) is 0 Å². The molecular weight excluding hydrogens is 559 g/mol. The minimum atomic E-state index is -8.46. The van der Waals surface area contributed by atoms with E-state index in [-0.39, 0.29) is 25.7 Å². The second kappa shape index (κ2) is 10.2. The maximum atomic E-state index is 13.7. The minimum Gasteiger partial charge on any atom is -0.424 e. The van der Waals surface area contributed by atoms with Crippen LogP contribution in [0.1, 0.15) is 32.1 Å². The van der Waals surface area contributed by atoms with Gasteiger partial charge in [-0.05, 0) is 12.8 Å². The molecule has 0 aromatic rings. The first-order valence-electron chi connectivity index (χ1n) is 9.60. The molecule has 0 aromatic carbocycles. The quantitative estimate of drug-likeness (QED) is 0.194. The summed E-state index contributed by atoms with van der Waals surface area (Å²) in [5.74, 6) is -51.5. The molecule has 0 radical (unpaired) electrons. The number of hydrogen-bond acceptors (Lipinski definition) is 2. The number of carbonyl (C=O) groups excluding carboxylic acids is 1. The molecule has 2 nitrogen and oxygen atoms in total. The Morgan fingerprint density at radius 2 is 1.00 bits per heavy atom. The molecule has 19 heteroatoms. The highest BCUT2D eigenvalue weighted by Crippen LogP contribution is 2.61. The van der Waals surface area contributed by atoms with Crippen molar-refractivity contribution in [3.63, 3.8) is 0 Å². The average Bonchev–Trinajstić information content (AvgIpc) is 2.77. The Kier molecular flexibility index (Phi) is 9.16. The lowest BCUT2D eigenvalue weighted by Gasteiger charge is -2.42. The molecular formula is C17H15F17O2. The Hall–Kier alpha value is -1.72. The van der Waals surface area contributed by atoms with Crippen LogP contribution in [-0.4, -0.2) is 66.6 Å². The fourth-order valence-corrected chi connectivity index (χ4v) is 3.07. The Balaban J connectivity index is 3.36. The minimum absolute atomic E-state index is 0.179. The van der Waals surface area contributed by atoms with E-state index in [0.29, 0.717) is 6.42 Å². The third-order valence-corrected chi connectivity index (χ3v) is 5.33. The number of alkyl halides is 17. The van der Waals surface area contributed by atoms with Crippen molar-refractivity contribution in [2.24, 2.45) is 5.92 Å². The second-order valence-corrected chi connectivity index (χ2v) is 7.81. The first kappa shape index (κ1) is 32.3. The summed E-state index contributed by atoms with van der Waals surface area (Å²) in [4.78, 5) is 11.6. The van der Waals surface area contributed by atoms with Crippen molar-refractivity contribution >= 4 is 5.97 Å². The molecule has 36 heavy (non-hydrogen) atoms. The molecule has 0 aromatic heterocycles. The molecule has 214 valence electrons. The van der Waals surface area contributed by atoms with E-state index in [1.807, 2.05) is 0 Å². The normalized spacial score (nSPS) is 20.3. The van der Waals surface area contributed by atoms with Gasteiger partial charge in [-0.15, -0.1) is 0 Å². The molecule has 0 saturated heterocycles. The van der Waals surface area contributed by atoms with Crippen LogP contribution in [-0.2, 0) is 9.53 Å². The standard InChI is InChI=1S/C17H15F17O2/c18-7(9(20)21)8(19)12(23,24)14(27,28)16(31,32)17(33,34)15(29,30)13(25,26)11(22)36-10(35)6-4-2-1-3-5-6/h6-9,11H,1-5H2. The van der Waals surface area contributed by atoms with Gasteiger partial charge in [-0.3, -0.25) is 4.79 Å². The van der Waals surface area contributed by atoms with E-state index in [2.05, 4.69) is 4.74 Å². The highest BCUT2D eigenvalue weighted by molar-refractivity contribution is 5.72. The number of halogens is 17. The van der Waals surface area contributed by atoms with Crippen molar-refractivity contribution in [1.29, 1.82) is 0 Å². The summed E-state index contributed by atoms with van der Waals surface area (Å²) in [5.41, 5.74) is 0. The lowest BCUT2D eigenvalue weighted by atomic mass is 9.88. The van der Waals surface area contributed by atoms with Crippen molar-refractivity contribution < 1.29 is 84.2 Å². The summed E-state index contributed by atoms with van der Waals surface area (Å²) in [5, 5.41) is 0. The van der Waals surface area contributed by atoms with Gasteiger partial charge in [0.25, 0.3) is 6.43 Å². The molecule has 1 aliphatic rings. The Morgan fingerprint density at radius 1 is 0.611 bits per heavy atom. The average molecular weight is 574 g/mol. The number of rotatable bonds is 11. The van der Waals surface area contributed by atoms with Crippen LogP contribution in [0.5, 0.6) is 0 Å². The molecule has 1 fully saturated rings. The molecule has 1 saturated carbocycles. The summed E-state index contributed by atoms with van der Waals surface area (Å²) in [6.07, 6.45) is -20.4. The van der Waals surface area contributed by atoms with Gasteiger partial charge in [-0.25, -0.2) is 17.6 Å². The summed E-state index contributed by atoms with van der Waals surface area (Å²) < 4.78 is 230. The molecule has 0 amide bonds. The van der Waals surface area contributed by atoms with E-state index in [4.69, 9.17) is 0 Å². The fraction of sp³-hybridized carbons (Fsp3) is 0.941.